The molecule has 0 unspecified atom stereocenters. The van der Waals surface area contributed by atoms with E-state index in [1.165, 1.54) is 36.9 Å². The summed E-state index contributed by atoms with van der Waals surface area (Å²) >= 11 is 1.46. The first-order valence-corrected chi connectivity index (χ1v) is 9.67. The molecule has 0 radical (unpaired) electrons. The van der Waals surface area contributed by atoms with Gasteiger partial charge in [0, 0.05) is 17.8 Å². The van der Waals surface area contributed by atoms with Crippen LogP contribution in [0.5, 0.6) is 0 Å². The van der Waals surface area contributed by atoms with Crippen molar-refractivity contribution in [3.63, 3.8) is 0 Å². The maximum atomic E-state index is 13.6. The molecule has 1 N–H and O–H groups in total. The van der Waals surface area contributed by atoms with Gasteiger partial charge in [0.15, 0.2) is 11.3 Å². The van der Waals surface area contributed by atoms with Crippen LogP contribution in [0.3, 0.4) is 0 Å². The average Bonchev–Trinajstić information content (AvgIpc) is 2.62. The third-order valence-electron chi connectivity index (χ3n) is 3.97. The molecule has 0 saturated heterocycles. The van der Waals surface area contributed by atoms with Gasteiger partial charge in [-0.25, -0.2) is 14.4 Å². The van der Waals surface area contributed by atoms with Crippen LogP contribution in [0.4, 0.5) is 10.1 Å². The van der Waals surface area contributed by atoms with Crippen molar-refractivity contribution in [3.05, 3.63) is 47.0 Å². The second-order valence-electron chi connectivity index (χ2n) is 5.96. The number of aryl methyl sites for hydroxylation is 2. The lowest BCUT2D eigenvalue weighted by Crippen LogP contribution is -2.30. The number of ether oxygens (including phenoxy) is 1. The van der Waals surface area contributed by atoms with Crippen LogP contribution in [0.15, 0.2) is 29.4 Å². The van der Waals surface area contributed by atoms with E-state index in [0.29, 0.717) is 11.6 Å². The molecular weight excluding hydrogens is 369 g/mol. The van der Waals surface area contributed by atoms with E-state index in [9.17, 15) is 14.0 Å². The predicted molar refractivity (Wildman–Crippen MR) is 102 cm³/mol. The molecule has 2 rings (SSSR count). The smallest absolute Gasteiger partial charge is 0.306 e. The maximum absolute atomic E-state index is 13.6. The lowest BCUT2D eigenvalue weighted by Gasteiger charge is -2.14. The summed E-state index contributed by atoms with van der Waals surface area (Å²) in [4.78, 5) is 32.9. The number of halogens is 1. The minimum atomic E-state index is -1.03. The summed E-state index contributed by atoms with van der Waals surface area (Å²) in [7, 11) is 0. The van der Waals surface area contributed by atoms with Crippen molar-refractivity contribution >= 4 is 29.3 Å². The Morgan fingerprint density at radius 2 is 1.85 bits per heavy atom. The van der Waals surface area contributed by atoms with Crippen LogP contribution in [0, 0.1) is 19.7 Å². The number of thioether (sulfide) groups is 1. The summed E-state index contributed by atoms with van der Waals surface area (Å²) in [6.45, 7) is 5.19. The maximum Gasteiger partial charge on any atom is 0.306 e. The highest BCUT2D eigenvalue weighted by Crippen LogP contribution is 2.18. The number of hydrogen-bond donors (Lipinski definition) is 1. The Balaban J connectivity index is 1.90. The summed E-state index contributed by atoms with van der Waals surface area (Å²) < 4.78 is 18.7. The topological polar surface area (TPSA) is 81.2 Å². The number of anilines is 1. The van der Waals surface area contributed by atoms with E-state index in [0.717, 1.165) is 17.0 Å². The number of aromatic nitrogens is 2. The van der Waals surface area contributed by atoms with E-state index < -0.39 is 23.8 Å². The first kappa shape index (κ1) is 20.8. The van der Waals surface area contributed by atoms with Crippen LogP contribution in [-0.2, 0) is 20.7 Å². The molecular formula is C19H22FN3O3S. The number of amides is 1. The first-order chi connectivity index (χ1) is 12.8. The fourth-order valence-corrected chi connectivity index (χ4v) is 2.95. The second-order valence-corrected chi connectivity index (χ2v) is 6.73. The summed E-state index contributed by atoms with van der Waals surface area (Å²) in [5.41, 5.74) is 2.59. The van der Waals surface area contributed by atoms with Crippen LogP contribution in [0.2, 0.25) is 0 Å². The molecule has 0 aliphatic heterocycles. The fourth-order valence-electron chi connectivity index (χ4n) is 2.50. The number of nitrogens with one attached hydrogen (secondary N) is 1. The standard InChI is InChI=1S/C19H22FN3O3S/c1-11-14(12(2)22-19(21-11)27-4)9-10-17(24)26-13(3)18(25)23-16-8-6-5-7-15(16)20/h5-8,13H,9-10H2,1-4H3,(H,23,25)/t13-/m1/s1. The highest BCUT2D eigenvalue weighted by Gasteiger charge is 2.19. The number of rotatable bonds is 7. The summed E-state index contributed by atoms with van der Waals surface area (Å²) in [6.07, 6.45) is 1.39. The number of para-hydroxylation sites is 1. The minimum Gasteiger partial charge on any atom is -0.453 e. The van der Waals surface area contributed by atoms with Crippen molar-refractivity contribution in [2.24, 2.45) is 0 Å². The number of nitrogens with zero attached hydrogens (tertiary/aromatic N) is 2. The Morgan fingerprint density at radius 3 is 2.44 bits per heavy atom. The molecule has 0 bridgehead atoms. The van der Waals surface area contributed by atoms with Crippen molar-refractivity contribution in [2.75, 3.05) is 11.6 Å². The molecule has 1 heterocycles. The Morgan fingerprint density at radius 1 is 1.22 bits per heavy atom. The van der Waals surface area contributed by atoms with E-state index >= 15 is 0 Å². The van der Waals surface area contributed by atoms with Crippen LogP contribution >= 0.6 is 11.8 Å². The van der Waals surface area contributed by atoms with E-state index in [2.05, 4.69) is 15.3 Å². The van der Waals surface area contributed by atoms with Crippen molar-refractivity contribution in [3.8, 4) is 0 Å². The highest BCUT2D eigenvalue weighted by molar-refractivity contribution is 7.98. The van der Waals surface area contributed by atoms with Crippen molar-refractivity contribution in [1.29, 1.82) is 0 Å². The first-order valence-electron chi connectivity index (χ1n) is 8.44. The van der Waals surface area contributed by atoms with Crippen LogP contribution in [0.25, 0.3) is 0 Å². The molecule has 2 aromatic rings. The molecule has 6 nitrogen and oxygen atoms in total. The van der Waals surface area contributed by atoms with E-state index in [1.54, 1.807) is 6.07 Å². The molecule has 8 heteroatoms. The normalized spacial score (nSPS) is 11.7. The molecule has 1 atom stereocenters. The van der Waals surface area contributed by atoms with Crippen molar-refractivity contribution < 1.29 is 18.7 Å². The number of carbonyl (C=O) groups is 2. The van der Waals surface area contributed by atoms with E-state index in [4.69, 9.17) is 4.74 Å². The van der Waals surface area contributed by atoms with Gasteiger partial charge in [0.25, 0.3) is 5.91 Å². The number of carbonyl (C=O) groups excluding carboxylic acids is 2. The van der Waals surface area contributed by atoms with E-state index in [-0.39, 0.29) is 12.1 Å². The zero-order valence-corrected chi connectivity index (χ0v) is 16.5. The van der Waals surface area contributed by atoms with Crippen LogP contribution in [-0.4, -0.2) is 34.2 Å². The average molecular weight is 391 g/mol. The summed E-state index contributed by atoms with van der Waals surface area (Å²) in [5.74, 6) is -1.66. The zero-order valence-electron chi connectivity index (χ0n) is 15.7. The Labute approximate surface area is 161 Å². The van der Waals surface area contributed by atoms with Gasteiger partial charge < -0.3 is 10.1 Å². The summed E-state index contributed by atoms with van der Waals surface area (Å²) in [6, 6.07) is 5.80. The summed E-state index contributed by atoms with van der Waals surface area (Å²) in [5, 5.41) is 3.10. The Hall–Kier alpha value is -2.48. The van der Waals surface area contributed by atoms with Crippen LogP contribution < -0.4 is 5.32 Å². The van der Waals surface area contributed by atoms with Gasteiger partial charge in [-0.3, -0.25) is 9.59 Å². The van der Waals surface area contributed by atoms with Gasteiger partial charge in [-0.2, -0.15) is 0 Å². The van der Waals surface area contributed by atoms with Gasteiger partial charge in [0.1, 0.15) is 5.82 Å². The number of hydrogen-bond acceptors (Lipinski definition) is 6. The zero-order chi connectivity index (χ0) is 20.0. The van der Waals surface area contributed by atoms with Gasteiger partial charge in [0.05, 0.1) is 5.69 Å². The lowest BCUT2D eigenvalue weighted by molar-refractivity contribution is -0.153. The van der Waals surface area contributed by atoms with Gasteiger partial charge >= 0.3 is 5.97 Å². The highest BCUT2D eigenvalue weighted by atomic mass is 32.2. The molecule has 0 saturated carbocycles. The van der Waals surface area contributed by atoms with Gasteiger partial charge in [-0.15, -0.1) is 0 Å². The third-order valence-corrected chi connectivity index (χ3v) is 4.52. The number of benzene rings is 1. The largest absolute Gasteiger partial charge is 0.453 e. The molecule has 0 fully saturated rings. The molecule has 27 heavy (non-hydrogen) atoms. The molecule has 144 valence electrons. The van der Waals surface area contributed by atoms with Gasteiger partial charge in [0.2, 0.25) is 0 Å². The molecule has 0 aliphatic rings. The Kier molecular flexibility index (Phi) is 7.29. The van der Waals surface area contributed by atoms with Crippen molar-refractivity contribution in [2.45, 2.75) is 44.9 Å². The quantitative estimate of drug-likeness (QED) is 0.442. The van der Waals surface area contributed by atoms with E-state index in [1.807, 2.05) is 20.1 Å². The van der Waals surface area contributed by atoms with Gasteiger partial charge in [-0.1, -0.05) is 23.9 Å². The van der Waals surface area contributed by atoms with Crippen molar-refractivity contribution in [1.82, 2.24) is 9.97 Å². The lowest BCUT2D eigenvalue weighted by atomic mass is 10.1. The fraction of sp³-hybridized carbons (Fsp3) is 0.368. The molecule has 1 aromatic heterocycles. The molecule has 0 spiro atoms. The Bertz CT molecular complexity index is 822. The van der Waals surface area contributed by atoms with Crippen LogP contribution in [0.1, 0.15) is 30.3 Å². The van der Waals surface area contributed by atoms with Gasteiger partial charge in [-0.05, 0) is 51.1 Å². The minimum absolute atomic E-state index is 0.0441. The monoisotopic (exact) mass is 391 g/mol. The predicted octanol–water partition coefficient (Wildman–Crippen LogP) is 3.46. The molecule has 1 amide bonds. The molecule has 0 aliphatic carbocycles. The number of esters is 1. The second kappa shape index (κ2) is 9.45. The molecule has 1 aromatic carbocycles. The SMILES string of the molecule is CSc1nc(C)c(CCC(=O)O[C@H](C)C(=O)Nc2ccccc2F)c(C)n1. The third kappa shape index (κ3) is 5.75.